The summed E-state index contributed by atoms with van der Waals surface area (Å²) in [6.07, 6.45) is 4.52. The average Bonchev–Trinajstić information content (AvgIpc) is 3.28. The first-order valence-electron chi connectivity index (χ1n) is 9.95. The van der Waals surface area contributed by atoms with Crippen LogP contribution in [-0.2, 0) is 0 Å². The number of pyridine rings is 2. The maximum atomic E-state index is 4.93. The molecule has 0 bridgehead atoms. The van der Waals surface area contributed by atoms with Crippen LogP contribution >= 0.6 is 0 Å². The van der Waals surface area contributed by atoms with E-state index < -0.39 is 0 Å². The Balaban J connectivity index is 1.52. The number of fused-ring (bicyclic) bond motifs is 1. The van der Waals surface area contributed by atoms with E-state index in [0.717, 1.165) is 61.9 Å². The molecule has 3 aromatic rings. The molecule has 2 saturated heterocycles. The summed E-state index contributed by atoms with van der Waals surface area (Å²) < 4.78 is 0. The number of benzene rings is 1. The van der Waals surface area contributed by atoms with Crippen LogP contribution < -0.4 is 15.1 Å². The molecule has 0 aliphatic carbocycles. The monoisotopic (exact) mass is 359 g/mol. The summed E-state index contributed by atoms with van der Waals surface area (Å²) in [5.74, 6) is 1.06. The lowest BCUT2D eigenvalue weighted by Gasteiger charge is -2.28. The maximum Gasteiger partial charge on any atom is 0.128 e. The van der Waals surface area contributed by atoms with E-state index in [1.165, 1.54) is 23.9 Å². The number of nitrogens with zero attached hydrogens (tertiary/aromatic N) is 4. The first-order valence-corrected chi connectivity index (χ1v) is 9.95. The lowest BCUT2D eigenvalue weighted by molar-refractivity contribution is 0.585. The third-order valence-electron chi connectivity index (χ3n) is 5.63. The smallest absolute Gasteiger partial charge is 0.128 e. The van der Waals surface area contributed by atoms with E-state index >= 15 is 0 Å². The summed E-state index contributed by atoms with van der Waals surface area (Å²) in [5, 5.41) is 4.63. The highest BCUT2D eigenvalue weighted by molar-refractivity contribution is 5.94. The second-order valence-corrected chi connectivity index (χ2v) is 7.38. The van der Waals surface area contributed by atoms with Crippen molar-refractivity contribution in [2.45, 2.75) is 12.8 Å². The van der Waals surface area contributed by atoms with Gasteiger partial charge in [-0.3, -0.25) is 0 Å². The van der Waals surface area contributed by atoms with Gasteiger partial charge in [0.25, 0.3) is 0 Å². The lowest BCUT2D eigenvalue weighted by atomic mass is 10.1. The Hall–Kier alpha value is -2.66. The fourth-order valence-electron chi connectivity index (χ4n) is 4.14. The summed E-state index contributed by atoms with van der Waals surface area (Å²) in [4.78, 5) is 14.5. The third kappa shape index (κ3) is 3.23. The largest absolute Gasteiger partial charge is 0.371 e. The van der Waals surface area contributed by atoms with E-state index in [2.05, 4.69) is 57.6 Å². The molecule has 0 amide bonds. The van der Waals surface area contributed by atoms with Gasteiger partial charge in [0.1, 0.15) is 5.82 Å². The fraction of sp³-hybridized carbons (Fsp3) is 0.364. The molecule has 138 valence electrons. The van der Waals surface area contributed by atoms with Crippen LogP contribution in [0.1, 0.15) is 12.8 Å². The van der Waals surface area contributed by atoms with Crippen molar-refractivity contribution in [3.8, 4) is 11.3 Å². The summed E-state index contributed by atoms with van der Waals surface area (Å²) in [7, 11) is 0. The Labute approximate surface area is 160 Å². The van der Waals surface area contributed by atoms with Crippen molar-refractivity contribution in [2.75, 3.05) is 49.1 Å². The number of rotatable bonds is 3. The zero-order chi connectivity index (χ0) is 18.1. The van der Waals surface area contributed by atoms with E-state index in [9.17, 15) is 0 Å². The van der Waals surface area contributed by atoms with E-state index in [1.807, 2.05) is 6.20 Å². The molecule has 27 heavy (non-hydrogen) atoms. The van der Waals surface area contributed by atoms with Crippen LogP contribution in [0.15, 0.2) is 48.7 Å². The van der Waals surface area contributed by atoms with Gasteiger partial charge in [0.15, 0.2) is 0 Å². The standard InChI is InChI=1S/C22H25N5/c1-2-6-19-18(5-1)21(26-11-3-4-12-26)15-20(25-19)17-7-8-22(24-16-17)27-13-9-23-10-14-27/h1-2,5-8,15-16,23H,3-4,9-14H2. The number of hydrogen-bond acceptors (Lipinski definition) is 5. The second kappa shape index (κ2) is 7.16. The molecule has 5 heteroatoms. The quantitative estimate of drug-likeness (QED) is 0.777. The van der Waals surface area contributed by atoms with Crippen molar-refractivity contribution in [1.82, 2.24) is 15.3 Å². The number of hydrogen-bond donors (Lipinski definition) is 1. The average molecular weight is 359 g/mol. The van der Waals surface area contributed by atoms with Gasteiger partial charge in [-0.2, -0.15) is 0 Å². The van der Waals surface area contributed by atoms with Gasteiger partial charge < -0.3 is 15.1 Å². The Morgan fingerprint density at radius 2 is 1.67 bits per heavy atom. The molecule has 2 aliphatic heterocycles. The van der Waals surface area contributed by atoms with Crippen molar-refractivity contribution in [3.63, 3.8) is 0 Å². The van der Waals surface area contributed by atoms with E-state index in [-0.39, 0.29) is 0 Å². The van der Waals surface area contributed by atoms with Gasteiger partial charge >= 0.3 is 0 Å². The van der Waals surface area contributed by atoms with Crippen LogP contribution in [0.25, 0.3) is 22.2 Å². The number of nitrogens with one attached hydrogen (secondary N) is 1. The predicted octanol–water partition coefficient (Wildman–Crippen LogP) is 3.31. The highest BCUT2D eigenvalue weighted by atomic mass is 15.2. The van der Waals surface area contributed by atoms with Crippen LogP contribution in [0.4, 0.5) is 11.5 Å². The molecular weight excluding hydrogens is 334 g/mol. The van der Waals surface area contributed by atoms with Gasteiger partial charge in [-0.15, -0.1) is 0 Å². The molecule has 0 spiro atoms. The molecular formula is C22H25N5. The molecule has 5 rings (SSSR count). The molecule has 2 fully saturated rings. The molecule has 1 aromatic carbocycles. The van der Waals surface area contributed by atoms with Gasteiger partial charge in [0.05, 0.1) is 11.2 Å². The van der Waals surface area contributed by atoms with Gasteiger partial charge in [0, 0.05) is 62.1 Å². The number of piperazine rings is 1. The van der Waals surface area contributed by atoms with Gasteiger partial charge in [-0.05, 0) is 37.1 Å². The molecule has 4 heterocycles. The van der Waals surface area contributed by atoms with Crippen LogP contribution in [0, 0.1) is 0 Å². The third-order valence-corrected chi connectivity index (χ3v) is 5.63. The molecule has 0 atom stereocenters. The summed E-state index contributed by atoms with van der Waals surface area (Å²) in [6, 6.07) is 15.0. The highest BCUT2D eigenvalue weighted by Crippen LogP contribution is 2.32. The molecule has 0 radical (unpaired) electrons. The van der Waals surface area contributed by atoms with Crippen molar-refractivity contribution in [1.29, 1.82) is 0 Å². The van der Waals surface area contributed by atoms with E-state index in [4.69, 9.17) is 9.97 Å². The summed E-state index contributed by atoms with van der Waals surface area (Å²) >= 11 is 0. The van der Waals surface area contributed by atoms with Crippen molar-refractivity contribution >= 4 is 22.4 Å². The Morgan fingerprint density at radius 1 is 0.852 bits per heavy atom. The van der Waals surface area contributed by atoms with E-state index in [0.29, 0.717) is 0 Å². The predicted molar refractivity (Wildman–Crippen MR) is 112 cm³/mol. The summed E-state index contributed by atoms with van der Waals surface area (Å²) in [5.41, 5.74) is 4.46. The Bertz CT molecular complexity index is 925. The van der Waals surface area contributed by atoms with Gasteiger partial charge in [-0.1, -0.05) is 18.2 Å². The Morgan fingerprint density at radius 3 is 2.44 bits per heavy atom. The van der Waals surface area contributed by atoms with Crippen LogP contribution in [0.2, 0.25) is 0 Å². The van der Waals surface area contributed by atoms with Crippen LogP contribution in [-0.4, -0.2) is 49.2 Å². The number of aromatic nitrogens is 2. The molecule has 0 saturated carbocycles. The first-order chi connectivity index (χ1) is 13.4. The minimum Gasteiger partial charge on any atom is -0.371 e. The van der Waals surface area contributed by atoms with Crippen molar-refractivity contribution in [3.05, 3.63) is 48.7 Å². The minimum atomic E-state index is 1.01. The van der Waals surface area contributed by atoms with Crippen LogP contribution in [0.3, 0.4) is 0 Å². The highest BCUT2D eigenvalue weighted by Gasteiger charge is 2.17. The molecule has 1 N–H and O–H groups in total. The van der Waals surface area contributed by atoms with Crippen LogP contribution in [0.5, 0.6) is 0 Å². The number of anilines is 2. The SMILES string of the molecule is c1ccc2c(N3CCCC3)cc(-c3ccc(N4CCNCC4)nc3)nc2c1. The van der Waals surface area contributed by atoms with E-state index in [1.54, 1.807) is 0 Å². The Kier molecular flexibility index (Phi) is 4.38. The number of para-hydroxylation sites is 1. The fourth-order valence-corrected chi connectivity index (χ4v) is 4.14. The molecule has 0 unspecified atom stereocenters. The van der Waals surface area contributed by atoms with Gasteiger partial charge in [0.2, 0.25) is 0 Å². The second-order valence-electron chi connectivity index (χ2n) is 7.38. The maximum absolute atomic E-state index is 4.93. The lowest BCUT2D eigenvalue weighted by Crippen LogP contribution is -2.43. The minimum absolute atomic E-state index is 1.01. The normalized spacial score (nSPS) is 17.6. The zero-order valence-electron chi connectivity index (χ0n) is 15.6. The molecule has 2 aliphatic rings. The molecule has 2 aromatic heterocycles. The zero-order valence-corrected chi connectivity index (χ0v) is 15.6. The van der Waals surface area contributed by atoms with Crippen molar-refractivity contribution in [2.24, 2.45) is 0 Å². The molecule has 5 nitrogen and oxygen atoms in total. The summed E-state index contributed by atoms with van der Waals surface area (Å²) in [6.45, 7) is 6.34. The van der Waals surface area contributed by atoms with Crippen molar-refractivity contribution < 1.29 is 0 Å². The topological polar surface area (TPSA) is 44.3 Å². The first kappa shape index (κ1) is 16.5. The van der Waals surface area contributed by atoms with Gasteiger partial charge in [-0.25, -0.2) is 9.97 Å².